The molecule has 0 aromatic carbocycles. The molecular weight excluding hydrogens is 244 g/mol. The lowest BCUT2D eigenvalue weighted by molar-refractivity contribution is -0.128. The highest BCUT2D eigenvalue weighted by Gasteiger charge is 2.24. The van der Waals surface area contributed by atoms with Gasteiger partial charge in [0.25, 0.3) is 0 Å². The molecular formula is C13H22N4O2. The summed E-state index contributed by atoms with van der Waals surface area (Å²) in [7, 11) is 0. The van der Waals surface area contributed by atoms with Gasteiger partial charge in [0.05, 0.1) is 6.04 Å². The van der Waals surface area contributed by atoms with Crippen molar-refractivity contribution in [3.63, 3.8) is 0 Å². The summed E-state index contributed by atoms with van der Waals surface area (Å²) in [4.78, 5) is 16.4. The SMILES string of the molecule is CCCn1ncnc1C(C)NC(=O)C1CCOCC1. The number of carbonyl (C=O) groups excluding carboxylic acids is 1. The number of hydrogen-bond acceptors (Lipinski definition) is 4. The minimum absolute atomic E-state index is 0.0683. The second-order valence-electron chi connectivity index (χ2n) is 4.96. The van der Waals surface area contributed by atoms with E-state index >= 15 is 0 Å². The number of nitrogens with zero attached hydrogens (tertiary/aromatic N) is 3. The highest BCUT2D eigenvalue weighted by molar-refractivity contribution is 5.79. The average Bonchev–Trinajstić information content (AvgIpc) is 2.88. The van der Waals surface area contributed by atoms with E-state index in [1.54, 1.807) is 6.33 Å². The van der Waals surface area contributed by atoms with E-state index in [1.165, 1.54) is 0 Å². The van der Waals surface area contributed by atoms with E-state index in [0.29, 0.717) is 13.2 Å². The Kier molecular flexibility index (Phi) is 4.90. The number of hydrogen-bond donors (Lipinski definition) is 1. The van der Waals surface area contributed by atoms with Crippen molar-refractivity contribution in [3.05, 3.63) is 12.2 Å². The molecule has 6 heteroatoms. The Morgan fingerprint density at radius 3 is 3.00 bits per heavy atom. The molecule has 1 fully saturated rings. The summed E-state index contributed by atoms with van der Waals surface area (Å²) in [6.45, 7) is 6.23. The normalized spacial score (nSPS) is 18.2. The molecule has 1 aliphatic heterocycles. The van der Waals surface area contributed by atoms with Crippen LogP contribution in [0.15, 0.2) is 6.33 Å². The van der Waals surface area contributed by atoms with Crippen LogP contribution < -0.4 is 5.32 Å². The highest BCUT2D eigenvalue weighted by atomic mass is 16.5. The van der Waals surface area contributed by atoms with Crippen LogP contribution in [0.3, 0.4) is 0 Å². The van der Waals surface area contributed by atoms with Crippen molar-refractivity contribution in [2.75, 3.05) is 13.2 Å². The van der Waals surface area contributed by atoms with Crippen LogP contribution in [0, 0.1) is 5.92 Å². The average molecular weight is 266 g/mol. The standard InChI is InChI=1S/C13H22N4O2/c1-3-6-17-12(14-9-15-17)10(2)16-13(18)11-4-7-19-8-5-11/h9-11H,3-8H2,1-2H3,(H,16,18). The Labute approximate surface area is 113 Å². The maximum absolute atomic E-state index is 12.1. The molecule has 0 aliphatic carbocycles. The number of ether oxygens (including phenoxy) is 1. The zero-order valence-electron chi connectivity index (χ0n) is 11.6. The van der Waals surface area contributed by atoms with Gasteiger partial charge in [-0.1, -0.05) is 6.92 Å². The number of aryl methyl sites for hydroxylation is 1. The molecule has 0 bridgehead atoms. The molecule has 1 amide bonds. The summed E-state index contributed by atoms with van der Waals surface area (Å²) in [5.74, 6) is 0.989. The fraction of sp³-hybridized carbons (Fsp3) is 0.769. The van der Waals surface area contributed by atoms with Gasteiger partial charge in [-0.05, 0) is 26.2 Å². The van der Waals surface area contributed by atoms with Gasteiger partial charge in [-0.2, -0.15) is 5.10 Å². The van der Waals surface area contributed by atoms with Gasteiger partial charge >= 0.3 is 0 Å². The van der Waals surface area contributed by atoms with Crippen LogP contribution in [0.1, 0.15) is 45.0 Å². The van der Waals surface area contributed by atoms with Crippen molar-refractivity contribution in [2.45, 2.75) is 45.7 Å². The van der Waals surface area contributed by atoms with E-state index in [2.05, 4.69) is 22.3 Å². The summed E-state index contributed by atoms with van der Waals surface area (Å²) in [6, 6.07) is -0.107. The number of rotatable bonds is 5. The number of carbonyl (C=O) groups is 1. The molecule has 0 radical (unpaired) electrons. The summed E-state index contributed by atoms with van der Waals surface area (Å²) < 4.78 is 7.13. The van der Waals surface area contributed by atoms with E-state index in [9.17, 15) is 4.79 Å². The summed E-state index contributed by atoms with van der Waals surface area (Å²) in [5, 5.41) is 7.21. The van der Waals surface area contributed by atoms with Crippen LogP contribution in [0.2, 0.25) is 0 Å². The van der Waals surface area contributed by atoms with Crippen molar-refractivity contribution < 1.29 is 9.53 Å². The van der Waals surface area contributed by atoms with Gasteiger partial charge in [-0.15, -0.1) is 0 Å². The second-order valence-corrected chi connectivity index (χ2v) is 4.96. The molecule has 1 saturated heterocycles. The lowest BCUT2D eigenvalue weighted by Gasteiger charge is -2.23. The van der Waals surface area contributed by atoms with Gasteiger partial charge in [0.1, 0.15) is 12.2 Å². The number of aromatic nitrogens is 3. The number of amides is 1. The second kappa shape index (κ2) is 6.65. The van der Waals surface area contributed by atoms with E-state index in [0.717, 1.165) is 31.6 Å². The first-order valence-electron chi connectivity index (χ1n) is 6.98. The lowest BCUT2D eigenvalue weighted by atomic mass is 9.99. The van der Waals surface area contributed by atoms with Gasteiger partial charge in [-0.3, -0.25) is 4.79 Å². The Morgan fingerprint density at radius 2 is 2.32 bits per heavy atom. The van der Waals surface area contributed by atoms with Crippen LogP contribution in [-0.2, 0) is 16.1 Å². The van der Waals surface area contributed by atoms with Crippen LogP contribution in [0.5, 0.6) is 0 Å². The molecule has 1 unspecified atom stereocenters. The third kappa shape index (κ3) is 3.53. The molecule has 1 aliphatic rings. The summed E-state index contributed by atoms with van der Waals surface area (Å²) in [6.07, 6.45) is 4.15. The predicted octanol–water partition coefficient (Wildman–Crippen LogP) is 1.29. The molecule has 2 rings (SSSR count). The van der Waals surface area contributed by atoms with Gasteiger partial charge in [0, 0.05) is 25.7 Å². The van der Waals surface area contributed by atoms with Crippen molar-refractivity contribution in [1.82, 2.24) is 20.1 Å². The fourth-order valence-corrected chi connectivity index (χ4v) is 2.35. The van der Waals surface area contributed by atoms with E-state index < -0.39 is 0 Å². The Morgan fingerprint density at radius 1 is 1.58 bits per heavy atom. The van der Waals surface area contributed by atoms with Crippen molar-refractivity contribution >= 4 is 5.91 Å². The molecule has 1 aromatic heterocycles. The zero-order chi connectivity index (χ0) is 13.7. The maximum Gasteiger partial charge on any atom is 0.223 e. The fourth-order valence-electron chi connectivity index (χ4n) is 2.35. The van der Waals surface area contributed by atoms with Gasteiger partial charge < -0.3 is 10.1 Å². The zero-order valence-corrected chi connectivity index (χ0v) is 11.6. The topological polar surface area (TPSA) is 69.0 Å². The van der Waals surface area contributed by atoms with Crippen LogP contribution in [-0.4, -0.2) is 33.9 Å². The molecule has 106 valence electrons. The first-order chi connectivity index (χ1) is 9.22. The third-order valence-corrected chi connectivity index (χ3v) is 3.42. The van der Waals surface area contributed by atoms with Crippen molar-refractivity contribution in [3.8, 4) is 0 Å². The smallest absolute Gasteiger partial charge is 0.223 e. The van der Waals surface area contributed by atoms with Gasteiger partial charge in [0.15, 0.2) is 0 Å². The quantitative estimate of drug-likeness (QED) is 0.872. The third-order valence-electron chi connectivity index (χ3n) is 3.42. The monoisotopic (exact) mass is 266 g/mol. The summed E-state index contributed by atoms with van der Waals surface area (Å²) in [5.41, 5.74) is 0. The molecule has 6 nitrogen and oxygen atoms in total. The lowest BCUT2D eigenvalue weighted by Crippen LogP contribution is -2.36. The molecule has 1 N–H and O–H groups in total. The minimum atomic E-state index is -0.107. The van der Waals surface area contributed by atoms with E-state index in [4.69, 9.17) is 4.74 Å². The molecule has 2 heterocycles. The summed E-state index contributed by atoms with van der Waals surface area (Å²) >= 11 is 0. The van der Waals surface area contributed by atoms with E-state index in [1.807, 2.05) is 11.6 Å². The first-order valence-corrected chi connectivity index (χ1v) is 6.98. The van der Waals surface area contributed by atoms with Crippen molar-refractivity contribution in [2.24, 2.45) is 5.92 Å². The molecule has 1 atom stereocenters. The Bertz CT molecular complexity index is 413. The maximum atomic E-state index is 12.1. The number of nitrogens with one attached hydrogen (secondary N) is 1. The van der Waals surface area contributed by atoms with Crippen LogP contribution in [0.4, 0.5) is 0 Å². The molecule has 0 spiro atoms. The molecule has 19 heavy (non-hydrogen) atoms. The Balaban J connectivity index is 1.93. The highest BCUT2D eigenvalue weighted by Crippen LogP contribution is 2.17. The van der Waals surface area contributed by atoms with Gasteiger partial charge in [0.2, 0.25) is 5.91 Å². The van der Waals surface area contributed by atoms with Crippen LogP contribution >= 0.6 is 0 Å². The van der Waals surface area contributed by atoms with Gasteiger partial charge in [-0.25, -0.2) is 9.67 Å². The minimum Gasteiger partial charge on any atom is -0.381 e. The molecule has 1 aromatic rings. The first kappa shape index (κ1) is 14.0. The molecule has 0 saturated carbocycles. The van der Waals surface area contributed by atoms with E-state index in [-0.39, 0.29) is 17.9 Å². The largest absolute Gasteiger partial charge is 0.381 e. The van der Waals surface area contributed by atoms with Crippen molar-refractivity contribution in [1.29, 1.82) is 0 Å². The van der Waals surface area contributed by atoms with Crippen LogP contribution in [0.25, 0.3) is 0 Å². The Hall–Kier alpha value is -1.43. The predicted molar refractivity (Wildman–Crippen MR) is 70.4 cm³/mol.